The highest BCUT2D eigenvalue weighted by Crippen LogP contribution is 2.32. The lowest BCUT2D eigenvalue weighted by Crippen LogP contribution is -2.30. The standard InChI is InChI=1S/C18H24N2O/c1-12-4-6-15(10-13(12)2)20-18-17-11-16(21-3)7-5-14(17)8-9-19-18/h5,7-9,11-13,15H,4,6,10H2,1-3H3,(H,19,20). The summed E-state index contributed by atoms with van der Waals surface area (Å²) in [6.07, 6.45) is 5.63. The number of benzene rings is 1. The number of ether oxygens (including phenoxy) is 1. The summed E-state index contributed by atoms with van der Waals surface area (Å²) in [7, 11) is 1.70. The second-order valence-electron chi connectivity index (χ2n) is 6.36. The maximum Gasteiger partial charge on any atom is 0.134 e. The molecule has 0 aliphatic heterocycles. The average molecular weight is 284 g/mol. The normalized spacial score (nSPS) is 25.8. The molecule has 1 N–H and O–H groups in total. The van der Waals surface area contributed by atoms with Gasteiger partial charge in [-0.3, -0.25) is 0 Å². The molecule has 1 heterocycles. The number of hydrogen-bond acceptors (Lipinski definition) is 3. The highest BCUT2D eigenvalue weighted by atomic mass is 16.5. The van der Waals surface area contributed by atoms with Crippen molar-refractivity contribution in [2.24, 2.45) is 11.8 Å². The topological polar surface area (TPSA) is 34.1 Å². The molecule has 3 atom stereocenters. The minimum atomic E-state index is 0.528. The van der Waals surface area contributed by atoms with Gasteiger partial charge in [-0.2, -0.15) is 0 Å². The summed E-state index contributed by atoms with van der Waals surface area (Å²) in [6.45, 7) is 4.72. The number of anilines is 1. The van der Waals surface area contributed by atoms with E-state index >= 15 is 0 Å². The molecule has 1 saturated carbocycles. The van der Waals surface area contributed by atoms with Gasteiger partial charge in [-0.25, -0.2) is 4.98 Å². The van der Waals surface area contributed by atoms with Crippen molar-refractivity contribution in [2.75, 3.05) is 12.4 Å². The number of methoxy groups -OCH3 is 1. The summed E-state index contributed by atoms with van der Waals surface area (Å²) in [6, 6.07) is 8.73. The number of aromatic nitrogens is 1. The van der Waals surface area contributed by atoms with E-state index in [1.54, 1.807) is 7.11 Å². The number of fused-ring (bicyclic) bond motifs is 1. The molecule has 1 fully saturated rings. The minimum Gasteiger partial charge on any atom is -0.497 e. The molecule has 0 spiro atoms. The van der Waals surface area contributed by atoms with Crippen LogP contribution in [0.25, 0.3) is 10.8 Å². The Morgan fingerprint density at radius 2 is 2.00 bits per heavy atom. The Bertz CT molecular complexity index is 626. The zero-order valence-electron chi connectivity index (χ0n) is 13.1. The van der Waals surface area contributed by atoms with Gasteiger partial charge < -0.3 is 10.1 Å². The molecular weight excluding hydrogens is 260 g/mol. The molecule has 112 valence electrons. The third-order valence-electron chi connectivity index (χ3n) is 4.91. The Hall–Kier alpha value is -1.77. The van der Waals surface area contributed by atoms with Crippen molar-refractivity contribution in [1.29, 1.82) is 0 Å². The summed E-state index contributed by atoms with van der Waals surface area (Å²) >= 11 is 0. The molecular formula is C18H24N2O. The lowest BCUT2D eigenvalue weighted by Gasteiger charge is -2.33. The van der Waals surface area contributed by atoms with E-state index in [2.05, 4.69) is 36.3 Å². The molecule has 3 unspecified atom stereocenters. The van der Waals surface area contributed by atoms with E-state index in [4.69, 9.17) is 4.74 Å². The summed E-state index contributed by atoms with van der Waals surface area (Å²) < 4.78 is 5.34. The lowest BCUT2D eigenvalue weighted by molar-refractivity contribution is 0.260. The molecule has 0 bridgehead atoms. The number of nitrogens with one attached hydrogen (secondary N) is 1. The molecule has 1 aliphatic carbocycles. The molecule has 0 amide bonds. The van der Waals surface area contributed by atoms with Gasteiger partial charge >= 0.3 is 0 Å². The van der Waals surface area contributed by atoms with Crippen molar-refractivity contribution in [3.05, 3.63) is 30.5 Å². The first-order chi connectivity index (χ1) is 10.2. The van der Waals surface area contributed by atoms with Gasteiger partial charge in [-0.05, 0) is 54.7 Å². The number of rotatable bonds is 3. The van der Waals surface area contributed by atoms with Crippen molar-refractivity contribution in [2.45, 2.75) is 39.2 Å². The van der Waals surface area contributed by atoms with Gasteiger partial charge in [0.05, 0.1) is 7.11 Å². The number of pyridine rings is 1. The van der Waals surface area contributed by atoms with E-state index in [9.17, 15) is 0 Å². The molecule has 3 nitrogen and oxygen atoms in total. The maximum absolute atomic E-state index is 5.34. The van der Waals surface area contributed by atoms with Crippen molar-refractivity contribution in [3.63, 3.8) is 0 Å². The smallest absolute Gasteiger partial charge is 0.134 e. The third-order valence-corrected chi connectivity index (χ3v) is 4.91. The summed E-state index contributed by atoms with van der Waals surface area (Å²) in [5, 5.41) is 6.00. The Morgan fingerprint density at radius 1 is 1.14 bits per heavy atom. The van der Waals surface area contributed by atoms with E-state index in [-0.39, 0.29) is 0 Å². The van der Waals surface area contributed by atoms with Gasteiger partial charge in [0.2, 0.25) is 0 Å². The van der Waals surface area contributed by atoms with E-state index in [0.29, 0.717) is 6.04 Å². The molecule has 0 radical (unpaired) electrons. The Kier molecular flexibility index (Phi) is 4.00. The first-order valence-electron chi connectivity index (χ1n) is 7.86. The van der Waals surface area contributed by atoms with E-state index in [1.807, 2.05) is 18.3 Å². The Labute approximate surface area is 126 Å². The van der Waals surface area contributed by atoms with Crippen LogP contribution < -0.4 is 10.1 Å². The number of nitrogens with zero attached hydrogens (tertiary/aromatic N) is 1. The van der Waals surface area contributed by atoms with Crippen LogP contribution in [-0.4, -0.2) is 18.1 Å². The average Bonchev–Trinajstić information content (AvgIpc) is 2.51. The first kappa shape index (κ1) is 14.2. The quantitative estimate of drug-likeness (QED) is 0.902. The zero-order valence-corrected chi connectivity index (χ0v) is 13.1. The SMILES string of the molecule is COc1ccc2ccnc(NC3CCC(C)C(C)C3)c2c1. The van der Waals surface area contributed by atoms with Gasteiger partial charge in [0.25, 0.3) is 0 Å². The van der Waals surface area contributed by atoms with Gasteiger partial charge in [0.15, 0.2) is 0 Å². The predicted octanol–water partition coefficient (Wildman–Crippen LogP) is 4.48. The Balaban J connectivity index is 1.86. The van der Waals surface area contributed by atoms with Gasteiger partial charge in [-0.1, -0.05) is 19.9 Å². The van der Waals surface area contributed by atoms with Crippen LogP contribution in [-0.2, 0) is 0 Å². The summed E-state index contributed by atoms with van der Waals surface area (Å²) in [4.78, 5) is 4.55. The third kappa shape index (κ3) is 2.97. The van der Waals surface area contributed by atoms with Crippen molar-refractivity contribution < 1.29 is 4.74 Å². The van der Waals surface area contributed by atoms with Crippen molar-refractivity contribution in [3.8, 4) is 5.75 Å². The molecule has 3 heteroatoms. The molecule has 3 rings (SSSR count). The van der Waals surface area contributed by atoms with Gasteiger partial charge in [-0.15, -0.1) is 0 Å². The second-order valence-corrected chi connectivity index (χ2v) is 6.36. The van der Waals surface area contributed by atoms with Gasteiger partial charge in [0, 0.05) is 17.6 Å². The van der Waals surface area contributed by atoms with Crippen LogP contribution >= 0.6 is 0 Å². The largest absolute Gasteiger partial charge is 0.497 e. The van der Waals surface area contributed by atoms with Crippen LogP contribution in [0.4, 0.5) is 5.82 Å². The van der Waals surface area contributed by atoms with Crippen LogP contribution in [0.3, 0.4) is 0 Å². The molecule has 2 aromatic rings. The fourth-order valence-corrected chi connectivity index (χ4v) is 3.26. The monoisotopic (exact) mass is 284 g/mol. The highest BCUT2D eigenvalue weighted by Gasteiger charge is 2.24. The first-order valence-corrected chi connectivity index (χ1v) is 7.86. The van der Waals surface area contributed by atoms with E-state index in [1.165, 1.54) is 24.6 Å². The van der Waals surface area contributed by atoms with Crippen LogP contribution in [0.5, 0.6) is 5.75 Å². The Morgan fingerprint density at radius 3 is 2.76 bits per heavy atom. The summed E-state index contributed by atoms with van der Waals surface area (Å²) in [5.74, 6) is 3.48. The zero-order chi connectivity index (χ0) is 14.8. The lowest BCUT2D eigenvalue weighted by atomic mass is 9.79. The van der Waals surface area contributed by atoms with Crippen LogP contribution in [0.15, 0.2) is 30.5 Å². The summed E-state index contributed by atoms with van der Waals surface area (Å²) in [5.41, 5.74) is 0. The maximum atomic E-state index is 5.34. The fraction of sp³-hybridized carbons (Fsp3) is 0.500. The molecule has 1 aromatic heterocycles. The predicted molar refractivity (Wildman–Crippen MR) is 87.9 cm³/mol. The minimum absolute atomic E-state index is 0.528. The molecule has 1 aromatic carbocycles. The number of hydrogen-bond donors (Lipinski definition) is 1. The molecule has 1 aliphatic rings. The van der Waals surface area contributed by atoms with Crippen LogP contribution in [0, 0.1) is 11.8 Å². The van der Waals surface area contributed by atoms with Gasteiger partial charge in [0.1, 0.15) is 11.6 Å². The second kappa shape index (κ2) is 5.92. The molecule has 0 saturated heterocycles. The van der Waals surface area contributed by atoms with E-state index in [0.717, 1.165) is 28.8 Å². The fourth-order valence-electron chi connectivity index (χ4n) is 3.26. The van der Waals surface area contributed by atoms with Crippen molar-refractivity contribution in [1.82, 2.24) is 4.98 Å². The van der Waals surface area contributed by atoms with E-state index < -0.39 is 0 Å². The van der Waals surface area contributed by atoms with Crippen LogP contribution in [0.1, 0.15) is 33.1 Å². The van der Waals surface area contributed by atoms with Crippen molar-refractivity contribution >= 4 is 16.6 Å². The van der Waals surface area contributed by atoms with Crippen LogP contribution in [0.2, 0.25) is 0 Å². The highest BCUT2D eigenvalue weighted by molar-refractivity contribution is 5.92. The molecule has 21 heavy (non-hydrogen) atoms.